The molecule has 5 atom stereocenters. The van der Waals surface area contributed by atoms with Crippen LogP contribution in [0.25, 0.3) is 0 Å². The minimum Gasteiger partial charge on any atom is -0.395 e. The highest BCUT2D eigenvalue weighted by Gasteiger charge is 2.45. The van der Waals surface area contributed by atoms with Crippen LogP contribution in [0.3, 0.4) is 0 Å². The third-order valence-corrected chi connectivity index (χ3v) is 7.06. The van der Waals surface area contributed by atoms with Crippen molar-refractivity contribution < 1.29 is 33.8 Å². The molecule has 4 N–H and O–H groups in total. The molecule has 1 aliphatic heterocycles. The Kier molecular flexibility index (Phi) is 12.0. The molecule has 7 nitrogen and oxygen atoms in total. The predicted octanol–water partition coefficient (Wildman–Crippen LogP) is 3.69. The first kappa shape index (κ1) is 26.6. The molecule has 0 aliphatic carbocycles. The minimum absolute atomic E-state index is 0.0949. The van der Waals surface area contributed by atoms with Crippen molar-refractivity contribution in [3.63, 3.8) is 0 Å². The second-order valence-electron chi connectivity index (χ2n) is 7.54. The molecule has 1 unspecified atom stereocenters. The summed E-state index contributed by atoms with van der Waals surface area (Å²) in [4.78, 5) is 9.82. The Balaban J connectivity index is 2.37. The Labute approximate surface area is 178 Å². The molecule has 0 aromatic rings. The average molecular weight is 451 g/mol. The van der Waals surface area contributed by atoms with Gasteiger partial charge in [0.1, 0.15) is 11.5 Å². The van der Waals surface area contributed by atoms with Crippen molar-refractivity contribution in [1.29, 1.82) is 0 Å². The summed E-state index contributed by atoms with van der Waals surface area (Å²) in [6.45, 7) is 7.77. The molecule has 1 saturated heterocycles. The molecule has 0 aromatic carbocycles. The van der Waals surface area contributed by atoms with Gasteiger partial charge in [0.15, 0.2) is 0 Å². The average Bonchev–Trinajstić information content (AvgIpc) is 2.88. The number of thioether (sulfide) groups is 1. The fourth-order valence-electron chi connectivity index (χ4n) is 2.73. The lowest BCUT2D eigenvalue weighted by molar-refractivity contribution is -0.0195. The number of aliphatic hydroxyl groups is 3. The van der Waals surface area contributed by atoms with Gasteiger partial charge in [-0.05, 0) is 53.4 Å². The van der Waals surface area contributed by atoms with Gasteiger partial charge in [0.25, 0.3) is 0 Å². The molecule has 1 aliphatic rings. The van der Waals surface area contributed by atoms with E-state index in [-0.39, 0.29) is 13.2 Å². The zero-order valence-corrected chi connectivity index (χ0v) is 19.4. The molecule has 0 aromatic heterocycles. The van der Waals surface area contributed by atoms with E-state index in [1.807, 2.05) is 6.92 Å². The predicted molar refractivity (Wildman–Crippen MR) is 117 cm³/mol. The highest BCUT2D eigenvalue weighted by molar-refractivity contribution is 8.00. The van der Waals surface area contributed by atoms with Gasteiger partial charge in [-0.1, -0.05) is 34.9 Å². The molecular formula is C20H35O7PS. The highest BCUT2D eigenvalue weighted by atomic mass is 32.2. The Hall–Kier alpha value is -0.440. The first-order valence-electron chi connectivity index (χ1n) is 9.78. The van der Waals surface area contributed by atoms with Gasteiger partial charge in [-0.3, -0.25) is 9.05 Å². The van der Waals surface area contributed by atoms with Crippen molar-refractivity contribution in [2.45, 2.75) is 76.3 Å². The topological polar surface area (TPSA) is 116 Å². The highest BCUT2D eigenvalue weighted by Crippen LogP contribution is 2.50. The first-order valence-corrected chi connectivity index (χ1v) is 12.2. The van der Waals surface area contributed by atoms with Crippen molar-refractivity contribution in [3.8, 4) is 0 Å². The molecule has 0 amide bonds. The van der Waals surface area contributed by atoms with Gasteiger partial charge in [0.2, 0.25) is 0 Å². The summed E-state index contributed by atoms with van der Waals surface area (Å²) < 4.78 is 21.9. The summed E-state index contributed by atoms with van der Waals surface area (Å²) >= 11 is 0.904. The van der Waals surface area contributed by atoms with E-state index in [4.69, 9.17) is 14.2 Å². The van der Waals surface area contributed by atoms with Crippen molar-refractivity contribution in [2.24, 2.45) is 0 Å². The van der Waals surface area contributed by atoms with E-state index in [2.05, 4.69) is 32.9 Å². The van der Waals surface area contributed by atoms with Crippen LogP contribution >= 0.6 is 19.6 Å². The molecule has 0 radical (unpaired) electrons. The number of phosphoric acid groups is 1. The molecule has 29 heavy (non-hydrogen) atoms. The summed E-state index contributed by atoms with van der Waals surface area (Å²) in [5.41, 5.74) is 2.56. The first-order chi connectivity index (χ1) is 13.6. The Morgan fingerprint density at radius 2 is 1.59 bits per heavy atom. The number of rotatable bonds is 12. The SMILES string of the molecule is CC(C)=CCC/C(C)=C/CC/C(C)=C/COP(=O)(O)O[C@@H]1S[C@H](CO)[C@@H](O)[C@@H]1O. The quantitative estimate of drug-likeness (QED) is 0.263. The van der Waals surface area contributed by atoms with Crippen LogP contribution in [-0.4, -0.2) is 56.3 Å². The van der Waals surface area contributed by atoms with E-state index >= 15 is 0 Å². The number of allylic oxidation sites excluding steroid dienone is 5. The Morgan fingerprint density at radius 1 is 1.00 bits per heavy atom. The molecule has 9 heteroatoms. The monoisotopic (exact) mass is 450 g/mol. The molecular weight excluding hydrogens is 415 g/mol. The molecule has 0 spiro atoms. The molecule has 1 fully saturated rings. The second kappa shape index (κ2) is 13.1. The fraction of sp³-hybridized carbons (Fsp3) is 0.700. The van der Waals surface area contributed by atoms with Crippen molar-refractivity contribution in [2.75, 3.05) is 13.2 Å². The number of aliphatic hydroxyl groups excluding tert-OH is 3. The van der Waals surface area contributed by atoms with E-state index in [9.17, 15) is 19.7 Å². The van der Waals surface area contributed by atoms with E-state index in [1.165, 1.54) is 11.1 Å². The van der Waals surface area contributed by atoms with Gasteiger partial charge in [0.05, 0.1) is 24.6 Å². The summed E-state index contributed by atoms with van der Waals surface area (Å²) in [6.07, 6.45) is 7.36. The number of phosphoric ester groups is 1. The molecule has 0 bridgehead atoms. The lowest BCUT2D eigenvalue weighted by Crippen LogP contribution is -2.34. The van der Waals surface area contributed by atoms with E-state index in [0.717, 1.165) is 43.0 Å². The third kappa shape index (κ3) is 10.4. The largest absolute Gasteiger partial charge is 0.473 e. The van der Waals surface area contributed by atoms with Crippen LogP contribution in [-0.2, 0) is 13.6 Å². The van der Waals surface area contributed by atoms with Crippen molar-refractivity contribution in [1.82, 2.24) is 0 Å². The van der Waals surface area contributed by atoms with Gasteiger partial charge < -0.3 is 20.2 Å². The van der Waals surface area contributed by atoms with E-state index in [1.54, 1.807) is 6.08 Å². The van der Waals surface area contributed by atoms with E-state index in [0.29, 0.717) is 0 Å². The van der Waals surface area contributed by atoms with Crippen LogP contribution in [0.5, 0.6) is 0 Å². The van der Waals surface area contributed by atoms with Crippen LogP contribution in [0, 0.1) is 0 Å². The van der Waals surface area contributed by atoms with Crippen LogP contribution in [0.15, 0.2) is 34.9 Å². The van der Waals surface area contributed by atoms with Crippen molar-refractivity contribution in [3.05, 3.63) is 34.9 Å². The molecule has 1 rings (SSSR count). The zero-order valence-electron chi connectivity index (χ0n) is 17.7. The fourth-order valence-corrected chi connectivity index (χ4v) is 5.04. The van der Waals surface area contributed by atoms with E-state index < -0.39 is 30.7 Å². The van der Waals surface area contributed by atoms with Gasteiger partial charge in [-0.25, -0.2) is 4.57 Å². The Bertz CT molecular complexity index is 643. The summed E-state index contributed by atoms with van der Waals surface area (Å²) in [5, 5.41) is 28.0. The normalized spacial score (nSPS) is 27.7. The van der Waals surface area contributed by atoms with Crippen molar-refractivity contribution >= 4 is 19.6 Å². The van der Waals surface area contributed by atoms with Crippen LogP contribution in [0.1, 0.15) is 53.4 Å². The molecule has 168 valence electrons. The van der Waals surface area contributed by atoms with Gasteiger partial charge in [-0.2, -0.15) is 0 Å². The van der Waals surface area contributed by atoms with Crippen LogP contribution in [0.4, 0.5) is 0 Å². The Morgan fingerprint density at radius 3 is 2.14 bits per heavy atom. The van der Waals surface area contributed by atoms with Crippen LogP contribution < -0.4 is 0 Å². The number of hydrogen-bond donors (Lipinski definition) is 4. The number of hydrogen-bond acceptors (Lipinski definition) is 7. The lowest BCUT2D eigenvalue weighted by atomic mass is 10.1. The second-order valence-corrected chi connectivity index (χ2v) is 10.3. The van der Waals surface area contributed by atoms with Gasteiger partial charge >= 0.3 is 7.82 Å². The van der Waals surface area contributed by atoms with Crippen LogP contribution in [0.2, 0.25) is 0 Å². The smallest absolute Gasteiger partial charge is 0.395 e. The summed E-state index contributed by atoms with van der Waals surface area (Å²) in [6, 6.07) is 0. The maximum Gasteiger partial charge on any atom is 0.473 e. The third-order valence-electron chi connectivity index (χ3n) is 4.53. The maximum atomic E-state index is 12.0. The summed E-state index contributed by atoms with van der Waals surface area (Å²) in [5.74, 6) is 0. The van der Waals surface area contributed by atoms with Gasteiger partial charge in [-0.15, -0.1) is 11.8 Å². The molecule has 0 saturated carbocycles. The molecule has 1 heterocycles. The lowest BCUT2D eigenvalue weighted by Gasteiger charge is -2.19. The summed E-state index contributed by atoms with van der Waals surface area (Å²) in [7, 11) is -4.40. The maximum absolute atomic E-state index is 12.0. The van der Waals surface area contributed by atoms with Gasteiger partial charge in [0, 0.05) is 0 Å². The standard InChI is InChI=1S/C20H35O7PS/c1-14(2)7-5-8-15(3)9-6-10-16(4)11-12-26-28(24,25)27-20-19(23)18(22)17(13-21)29-20/h7,9,11,17-23H,5-6,8,10,12-13H2,1-4H3,(H,24,25)/b15-9+,16-11+/t17-,18-,19+,20-/m1/s1. The minimum atomic E-state index is -4.40. The zero-order chi connectivity index (χ0) is 22.0.